The molecule has 0 aliphatic heterocycles. The van der Waals surface area contributed by atoms with Crippen LogP contribution in [0.25, 0.3) is 0 Å². The molecular weight excluding hydrogens is 260 g/mol. The molecule has 21 heavy (non-hydrogen) atoms. The average Bonchev–Trinajstić information content (AvgIpc) is 3.01. The average molecular weight is 282 g/mol. The third-order valence-corrected chi connectivity index (χ3v) is 4.70. The van der Waals surface area contributed by atoms with E-state index in [-0.39, 0.29) is 13.2 Å². The minimum atomic E-state index is -0.603. The number of fused-ring (bicyclic) bond motifs is 1. The predicted octanol–water partition coefficient (Wildman–Crippen LogP) is 2.64. The Balaban J connectivity index is 1.92. The van der Waals surface area contributed by atoms with Crippen molar-refractivity contribution in [3.05, 3.63) is 70.8 Å². The van der Waals surface area contributed by atoms with Crippen LogP contribution < -0.4 is 0 Å². The van der Waals surface area contributed by atoms with Gasteiger partial charge in [-0.3, -0.25) is 0 Å². The maximum Gasteiger partial charge on any atom is 0.0553 e. The minimum Gasteiger partial charge on any atom is -0.395 e. The number of hydrogen-bond donors (Lipinski definition) is 2. The van der Waals surface area contributed by atoms with Crippen LogP contribution in [0, 0.1) is 0 Å². The molecule has 2 aromatic carbocycles. The van der Waals surface area contributed by atoms with Gasteiger partial charge in [-0.2, -0.15) is 0 Å². The topological polar surface area (TPSA) is 40.5 Å². The number of hydrogen-bond acceptors (Lipinski definition) is 2. The number of aliphatic hydroxyl groups is 2. The minimum absolute atomic E-state index is 0.0510. The van der Waals surface area contributed by atoms with Crippen molar-refractivity contribution in [3.63, 3.8) is 0 Å². The van der Waals surface area contributed by atoms with Crippen LogP contribution >= 0.6 is 0 Å². The van der Waals surface area contributed by atoms with Crippen molar-refractivity contribution in [2.45, 2.75) is 31.1 Å². The summed E-state index contributed by atoms with van der Waals surface area (Å²) in [5.74, 6) is 0. The molecule has 0 unspecified atom stereocenters. The van der Waals surface area contributed by atoms with Gasteiger partial charge in [-0.15, -0.1) is 0 Å². The number of aryl methyl sites for hydroxylation is 2. The Morgan fingerprint density at radius 3 is 2.29 bits per heavy atom. The molecule has 0 atom stereocenters. The van der Waals surface area contributed by atoms with Crippen molar-refractivity contribution in [2.24, 2.45) is 0 Å². The maximum atomic E-state index is 9.92. The molecule has 110 valence electrons. The van der Waals surface area contributed by atoms with Crippen LogP contribution in [0.3, 0.4) is 0 Å². The summed E-state index contributed by atoms with van der Waals surface area (Å²) < 4.78 is 0. The van der Waals surface area contributed by atoms with E-state index in [1.807, 2.05) is 30.3 Å². The van der Waals surface area contributed by atoms with Crippen LogP contribution in [-0.4, -0.2) is 23.4 Å². The summed E-state index contributed by atoms with van der Waals surface area (Å²) in [7, 11) is 0. The van der Waals surface area contributed by atoms with Gasteiger partial charge in [0.2, 0.25) is 0 Å². The largest absolute Gasteiger partial charge is 0.395 e. The molecule has 3 rings (SSSR count). The fraction of sp³-hybridized carbons (Fsp3) is 0.368. The van der Waals surface area contributed by atoms with E-state index in [4.69, 9.17) is 0 Å². The third-order valence-electron chi connectivity index (χ3n) is 4.70. The van der Waals surface area contributed by atoms with Crippen molar-refractivity contribution in [1.29, 1.82) is 0 Å². The molecule has 0 amide bonds. The molecule has 2 N–H and O–H groups in total. The van der Waals surface area contributed by atoms with Crippen LogP contribution in [0.15, 0.2) is 48.5 Å². The molecular formula is C19H22O2. The van der Waals surface area contributed by atoms with Crippen molar-refractivity contribution < 1.29 is 10.2 Å². The van der Waals surface area contributed by atoms with Crippen LogP contribution in [-0.2, 0) is 24.7 Å². The van der Waals surface area contributed by atoms with Gasteiger partial charge in [0.1, 0.15) is 0 Å². The Morgan fingerprint density at radius 2 is 1.57 bits per heavy atom. The van der Waals surface area contributed by atoms with Gasteiger partial charge in [-0.1, -0.05) is 48.5 Å². The van der Waals surface area contributed by atoms with E-state index >= 15 is 0 Å². The van der Waals surface area contributed by atoms with Gasteiger partial charge in [-0.25, -0.2) is 0 Å². The molecule has 1 aliphatic rings. The van der Waals surface area contributed by atoms with E-state index in [1.54, 1.807) is 0 Å². The van der Waals surface area contributed by atoms with Gasteiger partial charge in [0.15, 0.2) is 0 Å². The Labute approximate surface area is 126 Å². The molecule has 2 nitrogen and oxygen atoms in total. The van der Waals surface area contributed by atoms with Crippen LogP contribution in [0.2, 0.25) is 0 Å². The SMILES string of the molecule is OCC(CO)(Cc1ccc2c(c1)CCC2)c1ccccc1. The first-order chi connectivity index (χ1) is 10.3. The lowest BCUT2D eigenvalue weighted by atomic mass is 9.76. The molecule has 0 spiro atoms. The molecule has 0 saturated carbocycles. The zero-order valence-corrected chi connectivity index (χ0v) is 12.3. The van der Waals surface area contributed by atoms with Crippen LogP contribution in [0.1, 0.15) is 28.7 Å². The van der Waals surface area contributed by atoms with Crippen LogP contribution in [0.5, 0.6) is 0 Å². The van der Waals surface area contributed by atoms with Gasteiger partial charge in [0, 0.05) is 5.41 Å². The van der Waals surface area contributed by atoms with Crippen molar-refractivity contribution in [3.8, 4) is 0 Å². The lowest BCUT2D eigenvalue weighted by Crippen LogP contribution is -2.37. The van der Waals surface area contributed by atoms with E-state index in [2.05, 4.69) is 18.2 Å². The smallest absolute Gasteiger partial charge is 0.0553 e. The second-order valence-corrected chi connectivity index (χ2v) is 6.10. The number of benzene rings is 2. The van der Waals surface area contributed by atoms with Crippen LogP contribution in [0.4, 0.5) is 0 Å². The van der Waals surface area contributed by atoms with E-state index in [0.29, 0.717) is 6.42 Å². The highest BCUT2D eigenvalue weighted by Crippen LogP contribution is 2.30. The van der Waals surface area contributed by atoms with Crippen molar-refractivity contribution in [2.75, 3.05) is 13.2 Å². The second kappa shape index (κ2) is 6.00. The van der Waals surface area contributed by atoms with E-state index in [9.17, 15) is 10.2 Å². The second-order valence-electron chi connectivity index (χ2n) is 6.10. The first kappa shape index (κ1) is 14.3. The summed E-state index contributed by atoms with van der Waals surface area (Å²) in [6.45, 7) is -0.102. The first-order valence-electron chi connectivity index (χ1n) is 7.65. The highest BCUT2D eigenvalue weighted by Gasteiger charge is 2.31. The fourth-order valence-electron chi connectivity index (χ4n) is 3.36. The number of aliphatic hydroxyl groups excluding tert-OH is 2. The molecule has 1 aliphatic carbocycles. The summed E-state index contributed by atoms with van der Waals surface area (Å²) in [6.07, 6.45) is 4.24. The molecule has 0 radical (unpaired) electrons. The first-order valence-corrected chi connectivity index (χ1v) is 7.65. The molecule has 0 aromatic heterocycles. The Kier molecular flexibility index (Phi) is 4.09. The predicted molar refractivity (Wildman–Crippen MR) is 84.5 cm³/mol. The molecule has 0 fully saturated rings. The van der Waals surface area contributed by atoms with Crippen molar-refractivity contribution in [1.82, 2.24) is 0 Å². The fourth-order valence-corrected chi connectivity index (χ4v) is 3.36. The zero-order chi connectivity index (χ0) is 14.7. The Morgan fingerprint density at radius 1 is 0.857 bits per heavy atom. The van der Waals surface area contributed by atoms with Gasteiger partial charge in [0.05, 0.1) is 13.2 Å². The lowest BCUT2D eigenvalue weighted by Gasteiger charge is -2.30. The maximum absolute atomic E-state index is 9.92. The summed E-state index contributed by atoms with van der Waals surface area (Å²) in [5.41, 5.74) is 4.48. The summed E-state index contributed by atoms with van der Waals surface area (Å²) in [4.78, 5) is 0. The zero-order valence-electron chi connectivity index (χ0n) is 12.3. The molecule has 0 saturated heterocycles. The monoisotopic (exact) mass is 282 g/mol. The standard InChI is InChI=1S/C19H22O2/c20-13-19(14-21,18-7-2-1-3-8-18)12-15-9-10-16-5-4-6-17(16)11-15/h1-3,7-11,20-21H,4-6,12-14H2. The lowest BCUT2D eigenvalue weighted by molar-refractivity contribution is 0.116. The quantitative estimate of drug-likeness (QED) is 0.885. The highest BCUT2D eigenvalue weighted by atomic mass is 16.3. The molecule has 2 heteroatoms. The van der Waals surface area contributed by atoms with Crippen molar-refractivity contribution >= 4 is 0 Å². The van der Waals surface area contributed by atoms with E-state index < -0.39 is 5.41 Å². The third kappa shape index (κ3) is 2.74. The Bertz CT molecular complexity index is 600. The van der Waals surface area contributed by atoms with E-state index in [0.717, 1.165) is 12.0 Å². The summed E-state index contributed by atoms with van der Waals surface area (Å²) >= 11 is 0. The molecule has 0 heterocycles. The van der Waals surface area contributed by atoms with Gasteiger partial charge >= 0.3 is 0 Å². The molecule has 0 bridgehead atoms. The number of rotatable bonds is 5. The molecule has 2 aromatic rings. The van der Waals surface area contributed by atoms with E-state index in [1.165, 1.54) is 29.5 Å². The summed E-state index contributed by atoms with van der Waals surface area (Å²) in [5, 5.41) is 19.8. The van der Waals surface area contributed by atoms with Gasteiger partial charge in [0.25, 0.3) is 0 Å². The summed E-state index contributed by atoms with van der Waals surface area (Å²) in [6, 6.07) is 16.5. The van der Waals surface area contributed by atoms with Gasteiger partial charge < -0.3 is 10.2 Å². The Hall–Kier alpha value is -1.64. The highest BCUT2D eigenvalue weighted by molar-refractivity contribution is 5.37. The van der Waals surface area contributed by atoms with Gasteiger partial charge in [-0.05, 0) is 47.9 Å². The normalized spacial score (nSPS) is 14.2.